The molecule has 2 atom stereocenters. The lowest BCUT2D eigenvalue weighted by Crippen LogP contribution is -2.41. The lowest BCUT2D eigenvalue weighted by molar-refractivity contribution is -0.0266. The maximum Gasteiger partial charge on any atom is 0.114 e. The fourth-order valence-corrected chi connectivity index (χ4v) is 1.85. The fourth-order valence-electron chi connectivity index (χ4n) is 1.85. The molecular formula is C10H18O2. The molecule has 0 fully saturated rings. The minimum absolute atomic E-state index is 0.0704. The zero-order valence-electron chi connectivity index (χ0n) is 8.29. The van der Waals surface area contributed by atoms with Crippen molar-refractivity contribution in [2.45, 2.75) is 33.8 Å². The normalized spacial score (nSPS) is 35.2. The van der Waals surface area contributed by atoms with Crippen LogP contribution < -0.4 is 0 Å². The van der Waals surface area contributed by atoms with Crippen LogP contribution in [0.5, 0.6) is 0 Å². The smallest absolute Gasteiger partial charge is 0.114 e. The topological polar surface area (TPSA) is 29.5 Å². The molecule has 0 spiro atoms. The van der Waals surface area contributed by atoms with Crippen LogP contribution in [0.25, 0.3) is 0 Å². The molecule has 0 aromatic rings. The van der Waals surface area contributed by atoms with E-state index in [-0.39, 0.29) is 23.5 Å². The minimum atomic E-state index is -0.210. The lowest BCUT2D eigenvalue weighted by atomic mass is 9.73. The summed E-state index contributed by atoms with van der Waals surface area (Å²) in [4.78, 5) is 0. The molecule has 0 bridgehead atoms. The highest BCUT2D eigenvalue weighted by Gasteiger charge is 2.43. The van der Waals surface area contributed by atoms with E-state index in [4.69, 9.17) is 4.74 Å². The van der Waals surface area contributed by atoms with Crippen molar-refractivity contribution in [2.24, 2.45) is 10.8 Å². The standard InChI is InChI=1S/C10H18O2/c1-9(2,3)8-10(4,7-11)5-6-12-8/h5-6,8,11H,7H2,1-4H3. The number of hydrogen-bond donors (Lipinski definition) is 1. The van der Waals surface area contributed by atoms with Crippen LogP contribution >= 0.6 is 0 Å². The predicted molar refractivity (Wildman–Crippen MR) is 48.7 cm³/mol. The van der Waals surface area contributed by atoms with Crippen molar-refractivity contribution in [3.8, 4) is 0 Å². The van der Waals surface area contributed by atoms with E-state index in [0.717, 1.165) is 0 Å². The zero-order chi connectivity index (χ0) is 9.41. The summed E-state index contributed by atoms with van der Waals surface area (Å²) < 4.78 is 5.48. The van der Waals surface area contributed by atoms with E-state index in [1.807, 2.05) is 13.0 Å². The van der Waals surface area contributed by atoms with E-state index in [1.165, 1.54) is 0 Å². The molecule has 1 aliphatic rings. The molecule has 1 heterocycles. The van der Waals surface area contributed by atoms with E-state index < -0.39 is 0 Å². The lowest BCUT2D eigenvalue weighted by Gasteiger charge is -2.36. The largest absolute Gasteiger partial charge is 0.497 e. The molecule has 0 saturated carbocycles. The first kappa shape index (κ1) is 9.59. The molecule has 2 heteroatoms. The van der Waals surface area contributed by atoms with Crippen LogP contribution in [0.15, 0.2) is 12.3 Å². The van der Waals surface area contributed by atoms with Crippen molar-refractivity contribution < 1.29 is 9.84 Å². The highest BCUT2D eigenvalue weighted by Crippen LogP contribution is 2.41. The van der Waals surface area contributed by atoms with Crippen molar-refractivity contribution in [3.05, 3.63) is 12.3 Å². The maximum absolute atomic E-state index is 9.23. The van der Waals surface area contributed by atoms with Crippen molar-refractivity contribution >= 4 is 0 Å². The molecule has 2 nitrogen and oxygen atoms in total. The molecule has 1 aliphatic heterocycles. The van der Waals surface area contributed by atoms with E-state index >= 15 is 0 Å². The van der Waals surface area contributed by atoms with E-state index in [0.29, 0.717) is 0 Å². The summed E-state index contributed by atoms with van der Waals surface area (Å²) >= 11 is 0. The van der Waals surface area contributed by atoms with Crippen LogP contribution in [0, 0.1) is 10.8 Å². The molecule has 0 aliphatic carbocycles. The summed E-state index contributed by atoms with van der Waals surface area (Å²) in [6.45, 7) is 8.54. The van der Waals surface area contributed by atoms with Gasteiger partial charge >= 0.3 is 0 Å². The summed E-state index contributed by atoms with van der Waals surface area (Å²) in [7, 11) is 0. The Morgan fingerprint density at radius 2 is 2.08 bits per heavy atom. The molecule has 12 heavy (non-hydrogen) atoms. The molecule has 0 aromatic carbocycles. The summed E-state index contributed by atoms with van der Waals surface area (Å²) in [6, 6.07) is 0. The van der Waals surface area contributed by atoms with Gasteiger partial charge in [-0.2, -0.15) is 0 Å². The first-order valence-corrected chi connectivity index (χ1v) is 4.34. The fraction of sp³-hybridized carbons (Fsp3) is 0.800. The van der Waals surface area contributed by atoms with Gasteiger partial charge in [0.05, 0.1) is 12.9 Å². The van der Waals surface area contributed by atoms with Gasteiger partial charge in [0, 0.05) is 5.41 Å². The highest BCUT2D eigenvalue weighted by molar-refractivity contribution is 5.08. The number of ether oxygens (including phenoxy) is 1. The molecular weight excluding hydrogens is 152 g/mol. The van der Waals surface area contributed by atoms with E-state index in [9.17, 15) is 5.11 Å². The van der Waals surface area contributed by atoms with Gasteiger partial charge in [0.1, 0.15) is 6.10 Å². The number of rotatable bonds is 1. The molecule has 1 rings (SSSR count). The Bertz CT molecular complexity index is 191. The van der Waals surface area contributed by atoms with Crippen molar-refractivity contribution in [3.63, 3.8) is 0 Å². The second-order valence-electron chi connectivity index (χ2n) is 4.85. The van der Waals surface area contributed by atoms with Crippen molar-refractivity contribution in [2.75, 3.05) is 6.61 Å². The summed E-state index contributed by atoms with van der Waals surface area (Å²) in [5.74, 6) is 0. The quantitative estimate of drug-likeness (QED) is 0.651. The summed E-state index contributed by atoms with van der Waals surface area (Å²) in [5.41, 5.74) is -0.140. The third-order valence-electron chi connectivity index (χ3n) is 2.39. The number of hydrogen-bond acceptors (Lipinski definition) is 2. The Morgan fingerprint density at radius 3 is 2.42 bits per heavy atom. The van der Waals surface area contributed by atoms with Gasteiger partial charge in [-0.15, -0.1) is 0 Å². The van der Waals surface area contributed by atoms with Crippen LogP contribution in [-0.2, 0) is 4.74 Å². The first-order chi connectivity index (χ1) is 5.40. The van der Waals surface area contributed by atoms with E-state index in [2.05, 4.69) is 20.8 Å². The highest BCUT2D eigenvalue weighted by atomic mass is 16.5. The average Bonchev–Trinajstić information content (AvgIpc) is 2.31. The van der Waals surface area contributed by atoms with Gasteiger partial charge in [0.25, 0.3) is 0 Å². The predicted octanol–water partition coefficient (Wildman–Crippen LogP) is 1.94. The van der Waals surface area contributed by atoms with Gasteiger partial charge in [-0.05, 0) is 11.5 Å². The third kappa shape index (κ3) is 1.48. The van der Waals surface area contributed by atoms with Gasteiger partial charge in [-0.3, -0.25) is 0 Å². The number of aliphatic hydroxyl groups is 1. The second-order valence-corrected chi connectivity index (χ2v) is 4.85. The molecule has 0 amide bonds. The SMILES string of the molecule is CC(C)(C)C1OC=CC1(C)CO. The minimum Gasteiger partial charge on any atom is -0.497 e. The summed E-state index contributed by atoms with van der Waals surface area (Å²) in [5, 5.41) is 9.23. The first-order valence-electron chi connectivity index (χ1n) is 4.34. The monoisotopic (exact) mass is 170 g/mol. The van der Waals surface area contributed by atoms with Gasteiger partial charge in [0.2, 0.25) is 0 Å². The van der Waals surface area contributed by atoms with Crippen LogP contribution in [0.3, 0.4) is 0 Å². The van der Waals surface area contributed by atoms with Crippen LogP contribution in [0.4, 0.5) is 0 Å². The van der Waals surface area contributed by atoms with Gasteiger partial charge < -0.3 is 9.84 Å². The molecule has 0 saturated heterocycles. The van der Waals surface area contributed by atoms with Gasteiger partial charge in [-0.1, -0.05) is 27.7 Å². The second kappa shape index (κ2) is 2.77. The van der Waals surface area contributed by atoms with Crippen molar-refractivity contribution in [1.82, 2.24) is 0 Å². The Kier molecular flexibility index (Phi) is 2.21. The van der Waals surface area contributed by atoms with Crippen molar-refractivity contribution in [1.29, 1.82) is 0 Å². The van der Waals surface area contributed by atoms with Crippen LogP contribution in [0.1, 0.15) is 27.7 Å². The van der Waals surface area contributed by atoms with Gasteiger partial charge in [-0.25, -0.2) is 0 Å². The zero-order valence-corrected chi connectivity index (χ0v) is 8.29. The average molecular weight is 170 g/mol. The Balaban J connectivity index is 2.82. The van der Waals surface area contributed by atoms with Gasteiger partial charge in [0.15, 0.2) is 0 Å². The Labute approximate surface area is 74.2 Å². The van der Waals surface area contributed by atoms with Crippen LogP contribution in [0.2, 0.25) is 0 Å². The van der Waals surface area contributed by atoms with E-state index in [1.54, 1.807) is 6.26 Å². The molecule has 2 unspecified atom stereocenters. The maximum atomic E-state index is 9.23. The Morgan fingerprint density at radius 1 is 1.50 bits per heavy atom. The molecule has 0 radical (unpaired) electrons. The molecule has 0 aromatic heterocycles. The number of aliphatic hydroxyl groups excluding tert-OH is 1. The molecule has 1 N–H and O–H groups in total. The van der Waals surface area contributed by atoms with Crippen LogP contribution in [-0.4, -0.2) is 17.8 Å². The molecule has 70 valence electrons. The third-order valence-corrected chi connectivity index (χ3v) is 2.39. The summed E-state index contributed by atoms with van der Waals surface area (Å²) in [6.07, 6.45) is 3.73. The Hall–Kier alpha value is -0.500.